The SMILES string of the molecule is CCN(CC)S(=O)(=O)Nc1ccc(C(=O)O)s1. The van der Waals surface area contributed by atoms with Crippen molar-refractivity contribution >= 4 is 32.5 Å². The van der Waals surface area contributed by atoms with Crippen molar-refractivity contribution in [3.8, 4) is 0 Å². The van der Waals surface area contributed by atoms with Crippen molar-refractivity contribution in [2.24, 2.45) is 0 Å². The van der Waals surface area contributed by atoms with Crippen LogP contribution in [-0.2, 0) is 10.2 Å². The molecule has 1 heterocycles. The molecule has 0 aliphatic heterocycles. The second-order valence-corrected chi connectivity index (χ2v) is 5.91. The van der Waals surface area contributed by atoms with Crippen molar-refractivity contribution in [1.82, 2.24) is 4.31 Å². The summed E-state index contributed by atoms with van der Waals surface area (Å²) in [4.78, 5) is 10.7. The van der Waals surface area contributed by atoms with Crippen LogP contribution < -0.4 is 4.72 Å². The third-order valence-corrected chi connectivity index (χ3v) is 4.88. The summed E-state index contributed by atoms with van der Waals surface area (Å²) >= 11 is 0.890. The molecule has 0 spiro atoms. The lowest BCUT2D eigenvalue weighted by atomic mass is 10.5. The van der Waals surface area contributed by atoms with E-state index in [-0.39, 0.29) is 4.88 Å². The number of carboxylic acids is 1. The highest BCUT2D eigenvalue weighted by Gasteiger charge is 2.19. The molecule has 1 rings (SSSR count). The van der Waals surface area contributed by atoms with E-state index in [1.807, 2.05) is 0 Å². The Morgan fingerprint density at radius 1 is 1.41 bits per heavy atom. The summed E-state index contributed by atoms with van der Waals surface area (Å²) in [6.07, 6.45) is 0. The number of aromatic carboxylic acids is 1. The molecular formula is C9H14N2O4S2. The molecule has 0 fully saturated rings. The Morgan fingerprint density at radius 3 is 2.41 bits per heavy atom. The van der Waals surface area contributed by atoms with Crippen LogP contribution in [0.3, 0.4) is 0 Å². The van der Waals surface area contributed by atoms with E-state index in [4.69, 9.17) is 5.11 Å². The van der Waals surface area contributed by atoms with Gasteiger partial charge in [-0.2, -0.15) is 12.7 Å². The molecular weight excluding hydrogens is 264 g/mol. The van der Waals surface area contributed by atoms with Gasteiger partial charge in [0.1, 0.15) is 9.88 Å². The second-order valence-electron chi connectivity index (χ2n) is 3.16. The third-order valence-electron chi connectivity index (χ3n) is 2.09. The Hall–Kier alpha value is -1.12. The number of carboxylic acid groups (broad SMARTS) is 1. The molecule has 0 saturated carbocycles. The highest BCUT2D eigenvalue weighted by atomic mass is 32.2. The van der Waals surface area contributed by atoms with Crippen LogP contribution in [0.2, 0.25) is 0 Å². The molecule has 2 N–H and O–H groups in total. The maximum atomic E-state index is 11.8. The highest BCUT2D eigenvalue weighted by molar-refractivity contribution is 7.90. The van der Waals surface area contributed by atoms with Gasteiger partial charge in [-0.3, -0.25) is 4.72 Å². The topological polar surface area (TPSA) is 86.7 Å². The minimum atomic E-state index is -3.59. The van der Waals surface area contributed by atoms with E-state index in [2.05, 4.69) is 4.72 Å². The molecule has 1 aromatic heterocycles. The van der Waals surface area contributed by atoms with E-state index >= 15 is 0 Å². The highest BCUT2D eigenvalue weighted by Crippen LogP contribution is 2.23. The molecule has 0 saturated heterocycles. The van der Waals surface area contributed by atoms with Crippen LogP contribution in [0, 0.1) is 0 Å². The number of nitrogens with one attached hydrogen (secondary N) is 1. The molecule has 0 radical (unpaired) electrons. The molecule has 0 aromatic carbocycles. The maximum absolute atomic E-state index is 11.8. The zero-order valence-electron chi connectivity index (χ0n) is 9.50. The monoisotopic (exact) mass is 278 g/mol. The summed E-state index contributed by atoms with van der Waals surface area (Å²) in [5.41, 5.74) is 0. The largest absolute Gasteiger partial charge is 0.477 e. The van der Waals surface area contributed by atoms with Crippen LogP contribution in [0.25, 0.3) is 0 Å². The Kier molecular flexibility index (Phi) is 4.49. The van der Waals surface area contributed by atoms with Gasteiger partial charge in [0.15, 0.2) is 0 Å². The fourth-order valence-electron chi connectivity index (χ4n) is 1.26. The minimum Gasteiger partial charge on any atom is -0.477 e. The summed E-state index contributed by atoms with van der Waals surface area (Å²) in [6.45, 7) is 4.20. The zero-order chi connectivity index (χ0) is 13.1. The normalized spacial score (nSPS) is 11.7. The number of hydrogen-bond acceptors (Lipinski definition) is 4. The summed E-state index contributed by atoms with van der Waals surface area (Å²) in [5.74, 6) is -1.07. The van der Waals surface area contributed by atoms with Crippen molar-refractivity contribution in [3.63, 3.8) is 0 Å². The molecule has 0 aliphatic carbocycles. The Bertz CT molecular complexity index is 491. The first kappa shape index (κ1) is 13.9. The van der Waals surface area contributed by atoms with Crippen molar-refractivity contribution in [2.75, 3.05) is 17.8 Å². The lowest BCUT2D eigenvalue weighted by Crippen LogP contribution is -2.35. The number of thiophene rings is 1. The summed E-state index contributed by atoms with van der Waals surface area (Å²) in [5, 5.41) is 9.02. The first-order valence-corrected chi connectivity index (χ1v) is 7.27. The number of rotatable bonds is 6. The van der Waals surface area contributed by atoms with E-state index in [0.717, 1.165) is 11.3 Å². The number of hydrogen-bond donors (Lipinski definition) is 2. The van der Waals surface area contributed by atoms with Gasteiger partial charge in [0.25, 0.3) is 0 Å². The van der Waals surface area contributed by atoms with Gasteiger partial charge in [0.05, 0.1) is 0 Å². The molecule has 17 heavy (non-hydrogen) atoms. The smallest absolute Gasteiger partial charge is 0.345 e. The molecule has 6 nitrogen and oxygen atoms in total. The van der Waals surface area contributed by atoms with Crippen LogP contribution in [-0.4, -0.2) is 36.9 Å². The van der Waals surface area contributed by atoms with E-state index in [1.165, 1.54) is 16.4 Å². The lowest BCUT2D eigenvalue weighted by molar-refractivity contribution is 0.0702. The minimum absolute atomic E-state index is 0.0993. The Balaban J connectivity index is 2.86. The fourth-order valence-corrected chi connectivity index (χ4v) is 3.47. The number of carbonyl (C=O) groups is 1. The van der Waals surface area contributed by atoms with E-state index in [9.17, 15) is 13.2 Å². The Morgan fingerprint density at radius 2 is 2.00 bits per heavy atom. The van der Waals surface area contributed by atoms with Gasteiger partial charge in [-0.15, -0.1) is 11.3 Å². The van der Waals surface area contributed by atoms with Gasteiger partial charge >= 0.3 is 16.2 Å². The van der Waals surface area contributed by atoms with Gasteiger partial charge < -0.3 is 5.11 Å². The van der Waals surface area contributed by atoms with E-state index < -0.39 is 16.2 Å². The van der Waals surface area contributed by atoms with Gasteiger partial charge in [-0.05, 0) is 12.1 Å². The molecule has 1 aromatic rings. The molecule has 0 bridgehead atoms. The van der Waals surface area contributed by atoms with Crippen LogP contribution in [0.4, 0.5) is 5.00 Å². The standard InChI is InChI=1S/C9H14N2O4S2/c1-3-11(4-2)17(14,15)10-8-6-5-7(16-8)9(12)13/h5-6,10H,3-4H2,1-2H3,(H,12,13). The van der Waals surface area contributed by atoms with Crippen molar-refractivity contribution in [3.05, 3.63) is 17.0 Å². The lowest BCUT2D eigenvalue weighted by Gasteiger charge is -2.18. The number of nitrogens with zero attached hydrogens (tertiary/aromatic N) is 1. The Labute approximate surface area is 104 Å². The van der Waals surface area contributed by atoms with Gasteiger partial charge in [-0.25, -0.2) is 4.79 Å². The second kappa shape index (κ2) is 5.48. The predicted octanol–water partition coefficient (Wildman–Crippen LogP) is 1.44. The average molecular weight is 278 g/mol. The predicted molar refractivity (Wildman–Crippen MR) is 66.7 cm³/mol. The molecule has 0 amide bonds. The van der Waals surface area contributed by atoms with Crippen LogP contribution in [0.15, 0.2) is 12.1 Å². The van der Waals surface area contributed by atoms with Gasteiger partial charge in [-0.1, -0.05) is 13.8 Å². The molecule has 8 heteroatoms. The van der Waals surface area contributed by atoms with Gasteiger partial charge in [0, 0.05) is 13.1 Å². The summed E-state index contributed by atoms with van der Waals surface area (Å²) in [6, 6.07) is 2.81. The van der Waals surface area contributed by atoms with Gasteiger partial charge in [0.2, 0.25) is 0 Å². The fraction of sp³-hybridized carbons (Fsp3) is 0.444. The molecule has 0 atom stereocenters. The molecule has 0 unspecified atom stereocenters. The maximum Gasteiger partial charge on any atom is 0.345 e. The van der Waals surface area contributed by atoms with Crippen molar-refractivity contribution < 1.29 is 18.3 Å². The average Bonchev–Trinajstić information content (AvgIpc) is 2.66. The van der Waals surface area contributed by atoms with E-state index in [1.54, 1.807) is 13.8 Å². The number of anilines is 1. The van der Waals surface area contributed by atoms with Crippen LogP contribution in [0.1, 0.15) is 23.5 Å². The third kappa shape index (κ3) is 3.42. The van der Waals surface area contributed by atoms with Crippen molar-refractivity contribution in [1.29, 1.82) is 0 Å². The van der Waals surface area contributed by atoms with Crippen LogP contribution in [0.5, 0.6) is 0 Å². The first-order valence-electron chi connectivity index (χ1n) is 5.01. The molecule has 0 aliphatic rings. The molecule has 96 valence electrons. The quantitative estimate of drug-likeness (QED) is 0.824. The van der Waals surface area contributed by atoms with Crippen LogP contribution >= 0.6 is 11.3 Å². The van der Waals surface area contributed by atoms with E-state index in [0.29, 0.717) is 18.1 Å². The summed E-state index contributed by atoms with van der Waals surface area (Å²) < 4.78 is 27.2. The first-order chi connectivity index (χ1) is 7.90. The van der Waals surface area contributed by atoms with Crippen molar-refractivity contribution in [2.45, 2.75) is 13.8 Å². The summed E-state index contributed by atoms with van der Waals surface area (Å²) in [7, 11) is -3.59. The zero-order valence-corrected chi connectivity index (χ0v) is 11.1.